The molecule has 4 heteroatoms. The van der Waals surface area contributed by atoms with Crippen molar-refractivity contribution in [3.05, 3.63) is 51.2 Å². The van der Waals surface area contributed by atoms with Gasteiger partial charge in [-0.1, -0.05) is 0 Å². The summed E-state index contributed by atoms with van der Waals surface area (Å²) in [6, 6.07) is 9.36. The Morgan fingerprint density at radius 3 is 2.85 bits per heavy atom. The largest absolute Gasteiger partial charge is 0.497 e. The number of rotatable bonds is 2. The van der Waals surface area contributed by atoms with Crippen LogP contribution in [0.1, 0.15) is 20.1 Å². The van der Waals surface area contributed by atoms with Gasteiger partial charge >= 0.3 is 0 Å². The summed E-state index contributed by atoms with van der Waals surface area (Å²) >= 11 is 1.66. The van der Waals surface area contributed by atoms with Crippen molar-refractivity contribution in [2.75, 3.05) is 13.7 Å². The van der Waals surface area contributed by atoms with Gasteiger partial charge in [0.25, 0.3) is 0 Å². The van der Waals surface area contributed by atoms with E-state index in [-0.39, 0.29) is 5.78 Å². The van der Waals surface area contributed by atoms with Crippen LogP contribution in [0.5, 0.6) is 11.5 Å². The highest BCUT2D eigenvalue weighted by Crippen LogP contribution is 2.31. The minimum Gasteiger partial charge on any atom is -0.497 e. The van der Waals surface area contributed by atoms with Crippen LogP contribution in [-0.4, -0.2) is 19.5 Å². The minimum absolute atomic E-state index is 0.0104. The van der Waals surface area contributed by atoms with E-state index in [1.807, 2.05) is 25.1 Å². The number of aryl methyl sites for hydroxylation is 1. The summed E-state index contributed by atoms with van der Waals surface area (Å²) in [6.45, 7) is 2.36. The minimum atomic E-state index is 0.0104. The van der Waals surface area contributed by atoms with E-state index in [0.717, 1.165) is 4.88 Å². The molecular formula is C16H14O3S. The van der Waals surface area contributed by atoms with Crippen LogP contribution in [0, 0.1) is 6.92 Å². The van der Waals surface area contributed by atoms with Gasteiger partial charge in [0, 0.05) is 15.3 Å². The van der Waals surface area contributed by atoms with Gasteiger partial charge in [-0.3, -0.25) is 4.79 Å². The Bertz CT molecular complexity index is 697. The Morgan fingerprint density at radius 1 is 1.30 bits per heavy atom. The summed E-state index contributed by atoms with van der Waals surface area (Å²) in [6.07, 6.45) is 1.91. The Balaban J connectivity index is 1.97. The summed E-state index contributed by atoms with van der Waals surface area (Å²) in [7, 11) is 1.58. The Labute approximate surface area is 121 Å². The second kappa shape index (κ2) is 5.13. The number of carbonyl (C=O) groups is 1. The Morgan fingerprint density at radius 2 is 2.15 bits per heavy atom. The average Bonchev–Trinajstić information content (AvgIpc) is 2.87. The van der Waals surface area contributed by atoms with Crippen LogP contribution in [0.25, 0.3) is 6.08 Å². The van der Waals surface area contributed by atoms with Crippen molar-refractivity contribution in [2.45, 2.75) is 6.92 Å². The van der Waals surface area contributed by atoms with Crippen molar-refractivity contribution in [3.8, 4) is 11.5 Å². The quantitative estimate of drug-likeness (QED) is 0.789. The van der Waals surface area contributed by atoms with Crippen molar-refractivity contribution < 1.29 is 14.3 Å². The van der Waals surface area contributed by atoms with Gasteiger partial charge < -0.3 is 9.47 Å². The smallest absolute Gasteiger partial charge is 0.196 e. The van der Waals surface area contributed by atoms with Crippen molar-refractivity contribution >= 4 is 23.2 Å². The van der Waals surface area contributed by atoms with Crippen LogP contribution in [-0.2, 0) is 0 Å². The van der Waals surface area contributed by atoms with E-state index in [4.69, 9.17) is 9.47 Å². The first kappa shape index (κ1) is 12.9. The molecule has 102 valence electrons. The summed E-state index contributed by atoms with van der Waals surface area (Å²) in [5.74, 6) is 1.29. The number of Topliss-reactive ketones (excluding diaryl/α,β-unsaturated/α-hetero) is 1. The summed E-state index contributed by atoms with van der Waals surface area (Å²) < 4.78 is 10.8. The lowest BCUT2D eigenvalue weighted by Gasteiger charge is -2.19. The molecule has 0 bridgehead atoms. The number of hydrogen-bond donors (Lipinski definition) is 0. The topological polar surface area (TPSA) is 35.5 Å². The molecule has 1 aliphatic rings. The van der Waals surface area contributed by atoms with Gasteiger partial charge in [0.1, 0.15) is 18.1 Å². The van der Waals surface area contributed by atoms with Gasteiger partial charge in [-0.05, 0) is 43.3 Å². The molecule has 0 amide bonds. The predicted octanol–water partition coefficient (Wildman–Crippen LogP) is 3.72. The molecule has 3 nitrogen and oxygen atoms in total. The molecule has 0 N–H and O–H groups in total. The number of hydrogen-bond acceptors (Lipinski definition) is 4. The number of fused-ring (bicyclic) bond motifs is 1. The molecule has 0 aliphatic carbocycles. The molecule has 2 heterocycles. The highest BCUT2D eigenvalue weighted by atomic mass is 32.1. The maximum absolute atomic E-state index is 12.5. The first-order chi connectivity index (χ1) is 9.67. The first-order valence-corrected chi connectivity index (χ1v) is 7.11. The van der Waals surface area contributed by atoms with Gasteiger partial charge in [-0.2, -0.15) is 0 Å². The number of ketones is 1. The van der Waals surface area contributed by atoms with E-state index in [2.05, 4.69) is 0 Å². The number of ether oxygens (including phenoxy) is 2. The van der Waals surface area contributed by atoms with Crippen molar-refractivity contribution in [1.29, 1.82) is 0 Å². The third-order valence-corrected chi connectivity index (χ3v) is 4.13. The van der Waals surface area contributed by atoms with Crippen LogP contribution in [0.15, 0.2) is 35.9 Å². The molecule has 0 saturated carbocycles. The third-order valence-electron chi connectivity index (χ3n) is 3.18. The van der Waals surface area contributed by atoms with E-state index in [1.54, 1.807) is 36.6 Å². The molecule has 20 heavy (non-hydrogen) atoms. The molecule has 1 aromatic carbocycles. The lowest BCUT2D eigenvalue weighted by molar-refractivity contribution is 0.100. The van der Waals surface area contributed by atoms with Crippen molar-refractivity contribution in [3.63, 3.8) is 0 Å². The second-order valence-electron chi connectivity index (χ2n) is 4.60. The fourth-order valence-corrected chi connectivity index (χ4v) is 2.99. The molecule has 0 radical (unpaired) electrons. The van der Waals surface area contributed by atoms with Crippen LogP contribution in [0.4, 0.5) is 0 Å². The van der Waals surface area contributed by atoms with Gasteiger partial charge in [0.2, 0.25) is 0 Å². The first-order valence-electron chi connectivity index (χ1n) is 6.30. The third kappa shape index (κ3) is 2.34. The zero-order chi connectivity index (χ0) is 14.1. The molecular weight excluding hydrogens is 272 g/mol. The Kier molecular flexibility index (Phi) is 3.32. The fourth-order valence-electron chi connectivity index (χ4n) is 2.14. The highest BCUT2D eigenvalue weighted by molar-refractivity contribution is 7.12. The highest BCUT2D eigenvalue weighted by Gasteiger charge is 2.24. The van der Waals surface area contributed by atoms with Crippen molar-refractivity contribution in [2.24, 2.45) is 0 Å². The molecule has 1 aromatic heterocycles. The maximum Gasteiger partial charge on any atom is 0.196 e. The molecule has 0 saturated heterocycles. The second-order valence-corrected chi connectivity index (χ2v) is 5.92. The predicted molar refractivity (Wildman–Crippen MR) is 79.9 cm³/mol. The van der Waals surface area contributed by atoms with Crippen molar-refractivity contribution in [1.82, 2.24) is 0 Å². The summed E-state index contributed by atoms with van der Waals surface area (Å²) in [4.78, 5) is 14.8. The molecule has 3 rings (SSSR count). The Hall–Kier alpha value is -2.07. The molecule has 0 atom stereocenters. The van der Waals surface area contributed by atoms with Gasteiger partial charge in [-0.25, -0.2) is 0 Å². The van der Waals surface area contributed by atoms with Crippen LogP contribution in [0.3, 0.4) is 0 Å². The molecule has 1 aliphatic heterocycles. The molecule has 0 unspecified atom stereocenters. The van der Waals surface area contributed by atoms with Gasteiger partial charge in [0.15, 0.2) is 5.78 Å². The average molecular weight is 286 g/mol. The summed E-state index contributed by atoms with van der Waals surface area (Å²) in [5, 5.41) is 0. The maximum atomic E-state index is 12.5. The van der Waals surface area contributed by atoms with Crippen LogP contribution >= 0.6 is 11.3 Å². The molecule has 0 fully saturated rings. The van der Waals surface area contributed by atoms with Gasteiger partial charge in [-0.15, -0.1) is 11.3 Å². The van der Waals surface area contributed by atoms with E-state index in [9.17, 15) is 4.79 Å². The lowest BCUT2D eigenvalue weighted by atomic mass is 9.99. The number of benzene rings is 1. The van der Waals surface area contributed by atoms with Crippen LogP contribution in [0.2, 0.25) is 0 Å². The van der Waals surface area contributed by atoms with E-state index in [1.165, 1.54) is 4.88 Å². The fraction of sp³-hybridized carbons (Fsp3) is 0.188. The van der Waals surface area contributed by atoms with Gasteiger partial charge in [0.05, 0.1) is 12.7 Å². The molecule has 2 aromatic rings. The zero-order valence-corrected chi connectivity index (χ0v) is 12.1. The number of thiophene rings is 1. The SMILES string of the molecule is COc1ccc2c(c1)C(=O)/C(=C/c1ccc(C)s1)CO2. The monoisotopic (exact) mass is 286 g/mol. The summed E-state index contributed by atoms with van der Waals surface area (Å²) in [5.41, 5.74) is 1.24. The zero-order valence-electron chi connectivity index (χ0n) is 11.3. The van der Waals surface area contributed by atoms with E-state index < -0.39 is 0 Å². The lowest BCUT2D eigenvalue weighted by Crippen LogP contribution is -2.18. The molecule has 0 spiro atoms. The van der Waals surface area contributed by atoms with Crippen LogP contribution < -0.4 is 9.47 Å². The normalized spacial score (nSPS) is 15.9. The van der Waals surface area contributed by atoms with E-state index in [0.29, 0.717) is 29.2 Å². The standard InChI is InChI=1S/C16H14O3S/c1-10-3-5-13(20-10)7-11-9-19-15-6-4-12(18-2)8-14(15)16(11)17/h3-8H,9H2,1-2H3/b11-7+. The van der Waals surface area contributed by atoms with E-state index >= 15 is 0 Å². The number of carbonyl (C=O) groups excluding carboxylic acids is 1. The number of methoxy groups -OCH3 is 1.